The van der Waals surface area contributed by atoms with E-state index in [9.17, 15) is 4.79 Å². The number of ether oxygens (including phenoxy) is 2. The first-order valence-corrected chi connectivity index (χ1v) is 6.00. The number of benzene rings is 1. The monoisotopic (exact) mass is 264 g/mol. The molecule has 0 heterocycles. The van der Waals surface area contributed by atoms with Crippen LogP contribution in [0.3, 0.4) is 0 Å². The van der Waals surface area contributed by atoms with Crippen LogP contribution in [0.15, 0.2) is 24.3 Å². The van der Waals surface area contributed by atoms with Crippen LogP contribution in [0.4, 0.5) is 0 Å². The van der Waals surface area contributed by atoms with Crippen molar-refractivity contribution in [3.8, 4) is 11.5 Å². The molecule has 104 valence electrons. The number of carbonyl (C=O) groups is 1. The van der Waals surface area contributed by atoms with E-state index in [2.05, 4.69) is 5.32 Å². The summed E-state index contributed by atoms with van der Waals surface area (Å²) in [5.41, 5.74) is 6.33. The van der Waals surface area contributed by atoms with Crippen LogP contribution in [0.1, 0.15) is 12.5 Å². The van der Waals surface area contributed by atoms with Crippen LogP contribution >= 0.6 is 0 Å². The van der Waals surface area contributed by atoms with Crippen molar-refractivity contribution in [1.82, 2.24) is 5.32 Å². The Balaban J connectivity index is 2.76. The lowest BCUT2D eigenvalue weighted by atomic mass is 10.1. The van der Waals surface area contributed by atoms with Gasteiger partial charge in [0.25, 0.3) is 0 Å². The molecular formula is C14H20N2O3. The zero-order valence-corrected chi connectivity index (χ0v) is 11.5. The van der Waals surface area contributed by atoms with Gasteiger partial charge in [0.1, 0.15) is 11.5 Å². The van der Waals surface area contributed by atoms with Gasteiger partial charge in [-0.05, 0) is 31.2 Å². The maximum Gasteiger partial charge on any atom is 0.244 e. The highest BCUT2D eigenvalue weighted by Gasteiger charge is 2.03. The summed E-state index contributed by atoms with van der Waals surface area (Å²) in [5, 5.41) is 2.70. The van der Waals surface area contributed by atoms with Gasteiger partial charge in [-0.25, -0.2) is 0 Å². The fraction of sp³-hybridized carbons (Fsp3) is 0.357. The smallest absolute Gasteiger partial charge is 0.244 e. The molecule has 1 aromatic rings. The molecule has 0 radical (unpaired) electrons. The van der Waals surface area contributed by atoms with E-state index in [1.54, 1.807) is 38.5 Å². The van der Waals surface area contributed by atoms with Gasteiger partial charge in [0.15, 0.2) is 0 Å². The highest BCUT2D eigenvalue weighted by atomic mass is 16.5. The molecule has 1 amide bonds. The zero-order valence-electron chi connectivity index (χ0n) is 11.5. The van der Waals surface area contributed by atoms with Gasteiger partial charge in [0.2, 0.25) is 5.91 Å². The van der Waals surface area contributed by atoms with Gasteiger partial charge in [-0.1, -0.05) is 0 Å². The Kier molecular flexibility index (Phi) is 5.89. The van der Waals surface area contributed by atoms with Crippen LogP contribution in [0, 0.1) is 0 Å². The molecule has 0 spiro atoms. The SMILES string of the molecule is COc1ccc(OC)c(/C=C/C(=O)NCC(C)N)c1. The predicted molar refractivity (Wildman–Crippen MR) is 75.2 cm³/mol. The van der Waals surface area contributed by atoms with Crippen LogP contribution in [-0.4, -0.2) is 32.7 Å². The van der Waals surface area contributed by atoms with E-state index in [4.69, 9.17) is 15.2 Å². The Labute approximate surface area is 113 Å². The van der Waals surface area contributed by atoms with Gasteiger partial charge >= 0.3 is 0 Å². The summed E-state index contributed by atoms with van der Waals surface area (Å²) < 4.78 is 10.4. The topological polar surface area (TPSA) is 73.6 Å². The third-order valence-electron chi connectivity index (χ3n) is 2.45. The van der Waals surface area contributed by atoms with E-state index in [0.29, 0.717) is 18.0 Å². The molecule has 1 aromatic carbocycles. The third kappa shape index (κ3) is 5.01. The van der Waals surface area contributed by atoms with Crippen molar-refractivity contribution in [3.63, 3.8) is 0 Å². The molecule has 1 rings (SSSR count). The standard InChI is InChI=1S/C14H20N2O3/c1-10(15)9-16-14(17)7-4-11-8-12(18-2)5-6-13(11)19-3/h4-8,10H,9,15H2,1-3H3,(H,16,17)/b7-4+. The molecule has 0 bridgehead atoms. The van der Waals surface area contributed by atoms with Crippen molar-refractivity contribution in [3.05, 3.63) is 29.8 Å². The number of amides is 1. The molecule has 0 aliphatic heterocycles. The fourth-order valence-electron chi connectivity index (χ4n) is 1.46. The molecule has 0 fully saturated rings. The summed E-state index contributed by atoms with van der Waals surface area (Å²) in [4.78, 5) is 11.5. The second-order valence-electron chi connectivity index (χ2n) is 4.16. The maximum atomic E-state index is 11.5. The Morgan fingerprint density at radius 1 is 1.42 bits per heavy atom. The summed E-state index contributed by atoms with van der Waals surface area (Å²) >= 11 is 0. The van der Waals surface area contributed by atoms with Crippen molar-refractivity contribution >= 4 is 12.0 Å². The fourth-order valence-corrected chi connectivity index (χ4v) is 1.46. The summed E-state index contributed by atoms with van der Waals surface area (Å²) in [6.07, 6.45) is 3.12. The first-order chi connectivity index (χ1) is 9.06. The minimum absolute atomic E-state index is 0.0660. The average molecular weight is 264 g/mol. The van der Waals surface area contributed by atoms with Crippen molar-refractivity contribution in [2.45, 2.75) is 13.0 Å². The van der Waals surface area contributed by atoms with Gasteiger partial charge in [-0.15, -0.1) is 0 Å². The minimum atomic E-state index is -0.192. The van der Waals surface area contributed by atoms with Crippen LogP contribution in [0.5, 0.6) is 11.5 Å². The number of hydrogen-bond acceptors (Lipinski definition) is 4. The molecule has 1 atom stereocenters. The number of carbonyl (C=O) groups excluding carboxylic acids is 1. The van der Waals surface area contributed by atoms with E-state index >= 15 is 0 Å². The maximum absolute atomic E-state index is 11.5. The predicted octanol–water partition coefficient (Wildman–Crippen LogP) is 1.18. The zero-order chi connectivity index (χ0) is 14.3. The van der Waals surface area contributed by atoms with Crippen molar-refractivity contribution in [2.24, 2.45) is 5.73 Å². The lowest BCUT2D eigenvalue weighted by molar-refractivity contribution is -0.116. The van der Waals surface area contributed by atoms with Gasteiger partial charge in [0.05, 0.1) is 14.2 Å². The Hall–Kier alpha value is -2.01. The largest absolute Gasteiger partial charge is 0.497 e. The van der Waals surface area contributed by atoms with Crippen molar-refractivity contribution in [2.75, 3.05) is 20.8 Å². The normalized spacial score (nSPS) is 12.2. The molecule has 0 saturated heterocycles. The Morgan fingerprint density at radius 3 is 2.74 bits per heavy atom. The molecular weight excluding hydrogens is 244 g/mol. The second-order valence-corrected chi connectivity index (χ2v) is 4.16. The summed E-state index contributed by atoms with van der Waals surface area (Å²) in [7, 11) is 3.17. The van der Waals surface area contributed by atoms with Crippen LogP contribution in [0.25, 0.3) is 6.08 Å². The summed E-state index contributed by atoms with van der Waals surface area (Å²) in [6, 6.07) is 5.32. The lowest BCUT2D eigenvalue weighted by Crippen LogP contribution is -2.34. The van der Waals surface area contributed by atoms with Crippen molar-refractivity contribution < 1.29 is 14.3 Å². The number of nitrogens with one attached hydrogen (secondary N) is 1. The van der Waals surface area contributed by atoms with E-state index < -0.39 is 0 Å². The molecule has 0 saturated carbocycles. The van der Waals surface area contributed by atoms with E-state index in [1.807, 2.05) is 6.92 Å². The van der Waals surface area contributed by atoms with Crippen LogP contribution in [-0.2, 0) is 4.79 Å². The third-order valence-corrected chi connectivity index (χ3v) is 2.45. The van der Waals surface area contributed by atoms with Crippen LogP contribution in [0.2, 0.25) is 0 Å². The highest BCUT2D eigenvalue weighted by molar-refractivity contribution is 5.92. The number of hydrogen-bond donors (Lipinski definition) is 2. The van der Waals surface area contributed by atoms with Gasteiger partial charge < -0.3 is 20.5 Å². The van der Waals surface area contributed by atoms with Gasteiger partial charge in [-0.3, -0.25) is 4.79 Å². The first-order valence-electron chi connectivity index (χ1n) is 6.00. The van der Waals surface area contributed by atoms with E-state index in [1.165, 1.54) is 6.08 Å². The average Bonchev–Trinajstić information content (AvgIpc) is 2.42. The molecule has 0 aromatic heterocycles. The Bertz CT molecular complexity index is 456. The molecule has 3 N–H and O–H groups in total. The summed E-state index contributed by atoms with van der Waals surface area (Å²) in [6.45, 7) is 2.27. The van der Waals surface area contributed by atoms with E-state index in [0.717, 1.165) is 5.56 Å². The molecule has 5 heteroatoms. The lowest BCUT2D eigenvalue weighted by Gasteiger charge is -2.07. The Morgan fingerprint density at radius 2 is 2.16 bits per heavy atom. The van der Waals surface area contributed by atoms with Gasteiger partial charge in [-0.2, -0.15) is 0 Å². The molecule has 19 heavy (non-hydrogen) atoms. The number of nitrogens with two attached hydrogens (primary N) is 1. The highest BCUT2D eigenvalue weighted by Crippen LogP contribution is 2.24. The number of rotatable bonds is 6. The molecule has 0 aliphatic rings. The second kappa shape index (κ2) is 7.43. The minimum Gasteiger partial charge on any atom is -0.497 e. The summed E-state index contributed by atoms with van der Waals surface area (Å²) in [5.74, 6) is 1.19. The van der Waals surface area contributed by atoms with E-state index in [-0.39, 0.29) is 11.9 Å². The quantitative estimate of drug-likeness (QED) is 0.757. The molecule has 1 unspecified atom stereocenters. The van der Waals surface area contributed by atoms with Gasteiger partial charge in [0, 0.05) is 24.2 Å². The molecule has 0 aliphatic carbocycles. The molecule has 5 nitrogen and oxygen atoms in total. The van der Waals surface area contributed by atoms with Crippen LogP contribution < -0.4 is 20.5 Å². The number of methoxy groups -OCH3 is 2. The first kappa shape index (κ1) is 15.0. The van der Waals surface area contributed by atoms with Crippen molar-refractivity contribution in [1.29, 1.82) is 0 Å².